The molecule has 0 bridgehead atoms. The molecule has 3 heteroatoms. The van der Waals surface area contributed by atoms with Gasteiger partial charge in [-0.3, -0.25) is 4.90 Å². The first-order valence-corrected chi connectivity index (χ1v) is 8.78. The molecule has 1 unspecified atom stereocenters. The van der Waals surface area contributed by atoms with Crippen LogP contribution in [0.1, 0.15) is 29.5 Å². The lowest BCUT2D eigenvalue weighted by Gasteiger charge is -2.24. The number of ether oxygens (including phenoxy) is 1. The molecule has 130 valence electrons. The van der Waals surface area contributed by atoms with Crippen molar-refractivity contribution < 1.29 is 9.84 Å². The van der Waals surface area contributed by atoms with Gasteiger partial charge in [-0.25, -0.2) is 0 Å². The summed E-state index contributed by atoms with van der Waals surface area (Å²) in [6.45, 7) is 4.93. The van der Waals surface area contributed by atoms with E-state index in [1.54, 1.807) is 7.11 Å². The smallest absolute Gasteiger partial charge is 0.176 e. The lowest BCUT2D eigenvalue weighted by molar-refractivity contribution is 0.145. The maximum atomic E-state index is 11.4. The van der Waals surface area contributed by atoms with E-state index < -0.39 is 5.60 Å². The van der Waals surface area contributed by atoms with Gasteiger partial charge in [-0.05, 0) is 45.0 Å². The van der Waals surface area contributed by atoms with Crippen molar-refractivity contribution in [2.24, 2.45) is 0 Å². The summed E-state index contributed by atoms with van der Waals surface area (Å²) in [6, 6.07) is 15.4. The van der Waals surface area contributed by atoms with Gasteiger partial charge in [0.05, 0.1) is 13.7 Å². The monoisotopic (exact) mass is 335 g/mol. The molecule has 25 heavy (non-hydrogen) atoms. The van der Waals surface area contributed by atoms with Gasteiger partial charge >= 0.3 is 0 Å². The van der Waals surface area contributed by atoms with Crippen LogP contribution in [0.25, 0.3) is 0 Å². The molecule has 0 saturated carbocycles. The van der Waals surface area contributed by atoms with Crippen molar-refractivity contribution in [3.63, 3.8) is 0 Å². The van der Waals surface area contributed by atoms with Crippen LogP contribution in [0.15, 0.2) is 48.5 Å². The van der Waals surface area contributed by atoms with E-state index in [0.717, 1.165) is 35.5 Å². The average Bonchev–Trinajstić information content (AvgIpc) is 3.15. The van der Waals surface area contributed by atoms with Crippen LogP contribution in [0, 0.1) is 18.8 Å². The minimum Gasteiger partial charge on any atom is -0.497 e. The Kier molecular flexibility index (Phi) is 5.43. The zero-order valence-electron chi connectivity index (χ0n) is 15.0. The van der Waals surface area contributed by atoms with Crippen LogP contribution in [0.2, 0.25) is 0 Å². The van der Waals surface area contributed by atoms with Crippen molar-refractivity contribution in [2.75, 3.05) is 26.7 Å². The predicted octanol–water partition coefficient (Wildman–Crippen LogP) is 3.34. The van der Waals surface area contributed by atoms with Crippen LogP contribution in [-0.2, 0) is 5.60 Å². The largest absolute Gasteiger partial charge is 0.497 e. The van der Waals surface area contributed by atoms with Gasteiger partial charge in [0, 0.05) is 11.1 Å². The van der Waals surface area contributed by atoms with Crippen molar-refractivity contribution in [1.82, 2.24) is 4.90 Å². The fourth-order valence-corrected chi connectivity index (χ4v) is 3.16. The zero-order chi connectivity index (χ0) is 17.7. The molecule has 1 aliphatic heterocycles. The van der Waals surface area contributed by atoms with Gasteiger partial charge in [0.25, 0.3) is 0 Å². The van der Waals surface area contributed by atoms with E-state index in [4.69, 9.17) is 4.74 Å². The molecule has 2 aromatic rings. The highest BCUT2D eigenvalue weighted by Gasteiger charge is 2.29. The van der Waals surface area contributed by atoms with Gasteiger partial charge in [0.2, 0.25) is 0 Å². The van der Waals surface area contributed by atoms with E-state index in [9.17, 15) is 5.11 Å². The van der Waals surface area contributed by atoms with E-state index in [0.29, 0.717) is 6.54 Å². The first-order chi connectivity index (χ1) is 12.1. The van der Waals surface area contributed by atoms with E-state index >= 15 is 0 Å². The standard InChI is InChI=1S/C22H25NO2/c1-18-6-8-19(9-7-18)22(24,14-5-17-23-15-3-4-16-23)20-10-12-21(25-2)13-11-20/h6-13,24H,3-4,15-17H2,1-2H3. The normalized spacial score (nSPS) is 16.8. The second-order valence-electron chi connectivity index (χ2n) is 6.59. The predicted molar refractivity (Wildman–Crippen MR) is 101 cm³/mol. The molecular formula is C22H25NO2. The average molecular weight is 335 g/mol. The summed E-state index contributed by atoms with van der Waals surface area (Å²) < 4.78 is 5.23. The molecule has 0 aliphatic carbocycles. The van der Waals surface area contributed by atoms with E-state index in [1.807, 2.05) is 55.5 Å². The van der Waals surface area contributed by atoms with E-state index in [-0.39, 0.29) is 0 Å². The summed E-state index contributed by atoms with van der Waals surface area (Å²) in [5.41, 5.74) is 1.38. The van der Waals surface area contributed by atoms with Gasteiger partial charge in [0.15, 0.2) is 5.60 Å². The third kappa shape index (κ3) is 4.04. The fraction of sp³-hybridized carbons (Fsp3) is 0.364. The maximum Gasteiger partial charge on any atom is 0.176 e. The Morgan fingerprint density at radius 1 is 1.00 bits per heavy atom. The number of aryl methyl sites for hydroxylation is 1. The highest BCUT2D eigenvalue weighted by atomic mass is 16.5. The summed E-state index contributed by atoms with van der Waals surface area (Å²) in [5.74, 6) is 7.10. The minimum absolute atomic E-state index is 0.699. The first kappa shape index (κ1) is 17.5. The SMILES string of the molecule is COc1ccc(C(O)(C#CCN2CCCC2)c2ccc(C)cc2)cc1. The number of benzene rings is 2. The lowest BCUT2D eigenvalue weighted by Crippen LogP contribution is -2.26. The Morgan fingerprint density at radius 2 is 1.56 bits per heavy atom. The number of hydrogen-bond acceptors (Lipinski definition) is 3. The summed E-state index contributed by atoms with van der Waals surface area (Å²) >= 11 is 0. The molecule has 0 aromatic heterocycles. The Balaban J connectivity index is 1.94. The highest BCUT2D eigenvalue weighted by Crippen LogP contribution is 2.30. The van der Waals surface area contributed by atoms with Crippen molar-refractivity contribution in [3.8, 4) is 17.6 Å². The van der Waals surface area contributed by atoms with Gasteiger partial charge in [0.1, 0.15) is 5.75 Å². The Hall–Kier alpha value is -2.28. The van der Waals surface area contributed by atoms with Crippen molar-refractivity contribution in [3.05, 3.63) is 65.2 Å². The Labute approximate surface area is 150 Å². The first-order valence-electron chi connectivity index (χ1n) is 8.78. The quantitative estimate of drug-likeness (QED) is 0.870. The van der Waals surface area contributed by atoms with Crippen LogP contribution in [0.4, 0.5) is 0 Å². The molecule has 0 amide bonds. The van der Waals surface area contributed by atoms with Crippen LogP contribution in [-0.4, -0.2) is 36.8 Å². The van der Waals surface area contributed by atoms with Gasteiger partial charge in [-0.15, -0.1) is 0 Å². The van der Waals surface area contributed by atoms with Gasteiger partial charge in [-0.1, -0.05) is 53.8 Å². The molecule has 1 fully saturated rings. The number of aliphatic hydroxyl groups is 1. The Morgan fingerprint density at radius 3 is 2.12 bits per heavy atom. The number of rotatable bonds is 4. The molecule has 1 heterocycles. The number of methoxy groups -OCH3 is 1. The fourth-order valence-electron chi connectivity index (χ4n) is 3.16. The van der Waals surface area contributed by atoms with Crippen molar-refractivity contribution in [2.45, 2.75) is 25.4 Å². The summed E-state index contributed by atoms with van der Waals surface area (Å²) in [6.07, 6.45) is 2.48. The molecule has 1 saturated heterocycles. The van der Waals surface area contributed by atoms with Crippen LogP contribution < -0.4 is 4.74 Å². The molecule has 2 aromatic carbocycles. The maximum absolute atomic E-state index is 11.4. The second kappa shape index (κ2) is 7.74. The van der Waals surface area contributed by atoms with E-state index in [1.165, 1.54) is 12.8 Å². The van der Waals surface area contributed by atoms with Crippen LogP contribution in [0.5, 0.6) is 5.75 Å². The minimum atomic E-state index is -1.32. The summed E-state index contributed by atoms with van der Waals surface area (Å²) in [5, 5.41) is 11.4. The number of likely N-dealkylation sites (tertiary alicyclic amines) is 1. The molecule has 3 nitrogen and oxygen atoms in total. The van der Waals surface area contributed by atoms with E-state index in [2.05, 4.69) is 16.7 Å². The molecule has 0 radical (unpaired) electrons. The van der Waals surface area contributed by atoms with Gasteiger partial charge in [-0.2, -0.15) is 0 Å². The van der Waals surface area contributed by atoms with Crippen LogP contribution in [0.3, 0.4) is 0 Å². The third-order valence-corrected chi connectivity index (χ3v) is 4.75. The lowest BCUT2D eigenvalue weighted by atomic mass is 9.86. The summed E-state index contributed by atoms with van der Waals surface area (Å²) in [7, 11) is 1.64. The molecule has 3 rings (SSSR count). The molecular weight excluding hydrogens is 310 g/mol. The molecule has 0 spiro atoms. The topological polar surface area (TPSA) is 32.7 Å². The van der Waals surface area contributed by atoms with Crippen molar-refractivity contribution >= 4 is 0 Å². The summed E-state index contributed by atoms with van der Waals surface area (Å²) in [4.78, 5) is 2.33. The Bertz CT molecular complexity index is 749. The zero-order valence-corrected chi connectivity index (χ0v) is 15.0. The molecule has 1 N–H and O–H groups in total. The highest BCUT2D eigenvalue weighted by molar-refractivity contribution is 5.46. The second-order valence-corrected chi connectivity index (χ2v) is 6.59. The number of nitrogens with zero attached hydrogens (tertiary/aromatic N) is 1. The van der Waals surface area contributed by atoms with Crippen molar-refractivity contribution in [1.29, 1.82) is 0 Å². The van der Waals surface area contributed by atoms with Crippen LogP contribution >= 0.6 is 0 Å². The molecule has 1 aliphatic rings. The molecule has 1 atom stereocenters. The van der Waals surface area contributed by atoms with Gasteiger partial charge < -0.3 is 9.84 Å². The number of hydrogen-bond donors (Lipinski definition) is 1. The third-order valence-electron chi connectivity index (χ3n) is 4.75.